The average Bonchev–Trinajstić information content (AvgIpc) is 3.71. The van der Waals surface area contributed by atoms with E-state index in [1.807, 2.05) is 65.4 Å². The van der Waals surface area contributed by atoms with Gasteiger partial charge in [-0.15, -0.1) is 22.7 Å². The summed E-state index contributed by atoms with van der Waals surface area (Å²) >= 11 is 2.77. The molecule has 1 aromatic carbocycles. The molecule has 41 heavy (non-hydrogen) atoms. The summed E-state index contributed by atoms with van der Waals surface area (Å²) < 4.78 is 13.0. The summed E-state index contributed by atoms with van der Waals surface area (Å²) in [6.45, 7) is 4.79. The highest BCUT2D eigenvalue weighted by Crippen LogP contribution is 2.40. The second-order valence-corrected chi connectivity index (χ2v) is 12.1. The number of carbonyl (C=O) groups excluding carboxylic acids is 1. The van der Waals surface area contributed by atoms with Gasteiger partial charge in [0.2, 0.25) is 5.60 Å². The first-order valence-electron chi connectivity index (χ1n) is 13.4. The van der Waals surface area contributed by atoms with E-state index in [1.165, 1.54) is 22.7 Å². The molecule has 3 aliphatic rings. The molecule has 3 saturated heterocycles. The number of quaternary nitrogens is 1. The third-order valence-corrected chi connectivity index (χ3v) is 9.47. The molecular formula is C30H34NO8S2+. The summed E-state index contributed by atoms with van der Waals surface area (Å²) in [7, 11) is 0. The van der Waals surface area contributed by atoms with Crippen molar-refractivity contribution in [1.29, 1.82) is 0 Å². The zero-order valence-corrected chi connectivity index (χ0v) is 24.1. The number of carbonyl (C=O) groups is 3. The number of carboxylic acids is 2. The van der Waals surface area contributed by atoms with Crippen LogP contribution in [0.5, 0.6) is 5.75 Å². The summed E-state index contributed by atoms with van der Waals surface area (Å²) in [6, 6.07) is 17.3. The van der Waals surface area contributed by atoms with Crippen LogP contribution in [0.2, 0.25) is 0 Å². The lowest BCUT2D eigenvalue weighted by molar-refractivity contribution is -0.946. The summed E-state index contributed by atoms with van der Waals surface area (Å²) in [4.78, 5) is 33.8. The van der Waals surface area contributed by atoms with Crippen LogP contribution in [0.25, 0.3) is 0 Å². The van der Waals surface area contributed by atoms with Crippen LogP contribution in [0.4, 0.5) is 0 Å². The molecule has 3 fully saturated rings. The number of aliphatic hydroxyl groups is 1. The van der Waals surface area contributed by atoms with Crippen molar-refractivity contribution in [3.8, 4) is 5.75 Å². The Hall–Kier alpha value is -3.51. The fraction of sp³-hybridized carbons (Fsp3) is 0.367. The first-order chi connectivity index (χ1) is 19.7. The molecule has 3 N–H and O–H groups in total. The fourth-order valence-electron chi connectivity index (χ4n) is 5.43. The predicted octanol–water partition coefficient (Wildman–Crippen LogP) is 4.38. The van der Waals surface area contributed by atoms with Gasteiger partial charge in [0, 0.05) is 37.3 Å². The van der Waals surface area contributed by atoms with E-state index in [0.717, 1.165) is 55.7 Å². The average molecular weight is 601 g/mol. The zero-order chi connectivity index (χ0) is 29.3. The van der Waals surface area contributed by atoms with Crippen molar-refractivity contribution in [3.63, 3.8) is 0 Å². The third kappa shape index (κ3) is 7.82. The quantitative estimate of drug-likeness (QED) is 0.128. The van der Waals surface area contributed by atoms with E-state index in [-0.39, 0.29) is 6.10 Å². The van der Waals surface area contributed by atoms with Gasteiger partial charge in [0.1, 0.15) is 12.3 Å². The Bertz CT molecular complexity index is 1250. The number of fused-ring (bicyclic) bond motifs is 3. The number of esters is 1. The molecule has 9 nitrogen and oxygen atoms in total. The van der Waals surface area contributed by atoms with Crippen molar-refractivity contribution < 1.29 is 43.7 Å². The lowest BCUT2D eigenvalue weighted by atomic mass is 9.83. The molecule has 0 amide bonds. The van der Waals surface area contributed by atoms with Crippen LogP contribution in [-0.2, 0) is 24.7 Å². The molecule has 218 valence electrons. The Kier molecular flexibility index (Phi) is 10.3. The third-order valence-electron chi connectivity index (χ3n) is 7.51. The van der Waals surface area contributed by atoms with E-state index < -0.39 is 23.5 Å². The molecule has 2 bridgehead atoms. The van der Waals surface area contributed by atoms with Gasteiger partial charge < -0.3 is 29.3 Å². The maximum atomic E-state index is 13.4. The maximum absolute atomic E-state index is 13.4. The van der Waals surface area contributed by atoms with Crippen molar-refractivity contribution in [1.82, 2.24) is 0 Å². The van der Waals surface area contributed by atoms with Crippen molar-refractivity contribution in [2.24, 2.45) is 5.92 Å². The van der Waals surface area contributed by atoms with Crippen molar-refractivity contribution >= 4 is 40.6 Å². The van der Waals surface area contributed by atoms with Gasteiger partial charge in [0.25, 0.3) is 0 Å². The SMILES string of the molecule is O=C(O)/C=C\C(=O)O.O=C(OC1C[N+]2(CCCOc3ccccc3)CCC1CC2)C(O)(c1cccs1)c1cccs1. The zero-order valence-electron chi connectivity index (χ0n) is 22.5. The second kappa shape index (κ2) is 13.9. The van der Waals surface area contributed by atoms with Crippen LogP contribution >= 0.6 is 22.7 Å². The summed E-state index contributed by atoms with van der Waals surface area (Å²) in [5.41, 5.74) is -1.73. The lowest BCUT2D eigenvalue weighted by Gasteiger charge is -2.52. The van der Waals surface area contributed by atoms with E-state index in [1.54, 1.807) is 0 Å². The normalized spacial score (nSPS) is 21.6. The van der Waals surface area contributed by atoms with Gasteiger partial charge in [-0.1, -0.05) is 30.3 Å². The van der Waals surface area contributed by atoms with Gasteiger partial charge in [-0.25, -0.2) is 14.4 Å². The number of benzene rings is 1. The number of carboxylic acid groups (broad SMARTS) is 2. The summed E-state index contributed by atoms with van der Waals surface area (Å²) in [5, 5.41) is 31.0. The minimum absolute atomic E-state index is 0.151. The van der Waals surface area contributed by atoms with Gasteiger partial charge >= 0.3 is 17.9 Å². The van der Waals surface area contributed by atoms with Gasteiger partial charge in [-0.2, -0.15) is 0 Å². The number of hydrogen-bond donors (Lipinski definition) is 3. The van der Waals surface area contributed by atoms with E-state index >= 15 is 0 Å². The number of piperidine rings is 3. The first kappa shape index (κ1) is 30.4. The minimum atomic E-state index is -1.73. The molecule has 2 aromatic heterocycles. The molecule has 11 heteroatoms. The monoisotopic (exact) mass is 600 g/mol. The van der Waals surface area contributed by atoms with E-state index in [2.05, 4.69) is 0 Å². The standard InChI is InChI=1S/C26H30NO4S2.C4H4O4/c28-25(26(29,23-9-4-17-32-23)24-10-5-18-33-24)31-22-19-27(14-11-20(22)12-15-27)13-6-16-30-21-7-2-1-3-8-21;5-3(6)1-2-4(7)8/h1-5,7-10,17-18,20,22,29H,6,11-16,19H2;1-2H,(H,5,6)(H,7,8)/q+1;/b;2-1-. The summed E-state index contributed by atoms with van der Waals surface area (Å²) in [5.74, 6) is -1.77. The molecule has 5 heterocycles. The van der Waals surface area contributed by atoms with Crippen LogP contribution < -0.4 is 4.74 Å². The topological polar surface area (TPSA) is 130 Å². The van der Waals surface area contributed by atoms with Gasteiger partial charge in [0.15, 0.2) is 6.10 Å². The number of nitrogens with zero attached hydrogens (tertiary/aromatic N) is 1. The van der Waals surface area contributed by atoms with Crippen LogP contribution in [0, 0.1) is 5.92 Å². The van der Waals surface area contributed by atoms with Crippen LogP contribution in [0.15, 0.2) is 77.5 Å². The molecule has 3 aromatic rings. The molecule has 3 aliphatic heterocycles. The number of aliphatic carboxylic acids is 2. The largest absolute Gasteiger partial charge is 0.493 e. The Labute approximate surface area is 246 Å². The predicted molar refractivity (Wildman–Crippen MR) is 155 cm³/mol. The smallest absolute Gasteiger partial charge is 0.349 e. The van der Waals surface area contributed by atoms with Gasteiger partial charge in [-0.05, 0) is 35.0 Å². The molecule has 1 unspecified atom stereocenters. The molecule has 0 spiro atoms. The highest BCUT2D eigenvalue weighted by molar-refractivity contribution is 7.12. The molecule has 1 atom stereocenters. The highest BCUT2D eigenvalue weighted by Gasteiger charge is 2.51. The van der Waals surface area contributed by atoms with Crippen LogP contribution in [0.3, 0.4) is 0 Å². The maximum Gasteiger partial charge on any atom is 0.349 e. The number of hydrogen-bond acceptors (Lipinski definition) is 8. The highest BCUT2D eigenvalue weighted by atomic mass is 32.1. The molecular weight excluding hydrogens is 566 g/mol. The minimum Gasteiger partial charge on any atom is -0.493 e. The number of ether oxygens (including phenoxy) is 2. The molecule has 0 saturated carbocycles. The Balaban J connectivity index is 0.000000426. The van der Waals surface area contributed by atoms with E-state index in [4.69, 9.17) is 19.7 Å². The number of para-hydroxylation sites is 1. The van der Waals surface area contributed by atoms with Crippen LogP contribution in [-0.4, -0.2) is 76.6 Å². The van der Waals surface area contributed by atoms with E-state index in [0.29, 0.717) is 34.4 Å². The number of thiophene rings is 2. The van der Waals surface area contributed by atoms with E-state index in [9.17, 15) is 19.5 Å². The van der Waals surface area contributed by atoms with Crippen molar-refractivity contribution in [3.05, 3.63) is 87.3 Å². The fourth-order valence-corrected chi connectivity index (χ4v) is 7.15. The van der Waals surface area contributed by atoms with Crippen molar-refractivity contribution in [2.45, 2.75) is 31.0 Å². The Morgan fingerprint density at radius 2 is 1.49 bits per heavy atom. The van der Waals surface area contributed by atoms with Crippen LogP contribution in [0.1, 0.15) is 29.0 Å². The molecule has 0 aliphatic carbocycles. The van der Waals surface area contributed by atoms with Crippen molar-refractivity contribution in [2.75, 3.05) is 32.8 Å². The first-order valence-corrected chi connectivity index (χ1v) is 15.2. The second-order valence-electron chi connectivity index (χ2n) is 10.2. The number of rotatable bonds is 11. The molecule has 0 radical (unpaired) electrons. The molecule has 6 rings (SSSR count). The Morgan fingerprint density at radius 1 is 0.902 bits per heavy atom. The van der Waals surface area contributed by atoms with Gasteiger partial charge in [-0.3, -0.25) is 0 Å². The Morgan fingerprint density at radius 3 is 2.00 bits per heavy atom. The lowest BCUT2D eigenvalue weighted by Crippen LogP contribution is -2.65. The summed E-state index contributed by atoms with van der Waals surface area (Å²) in [6.07, 6.45) is 4.06. The van der Waals surface area contributed by atoms with Gasteiger partial charge in [0.05, 0.1) is 36.0 Å².